The molecule has 3 rings (SSSR count). The van der Waals surface area contributed by atoms with Crippen LogP contribution < -0.4 is 4.90 Å². The molecule has 1 aromatic heterocycles. The van der Waals surface area contributed by atoms with E-state index < -0.39 is 4.92 Å². The summed E-state index contributed by atoms with van der Waals surface area (Å²) in [5.74, 6) is 0.0505. The molecule has 33 heavy (non-hydrogen) atoms. The second-order valence-corrected chi connectivity index (χ2v) is 8.58. The molecule has 1 aliphatic rings. The highest BCUT2D eigenvalue weighted by molar-refractivity contribution is 5.92. The van der Waals surface area contributed by atoms with Gasteiger partial charge in [0.2, 0.25) is 5.91 Å². The molecule has 2 amide bonds. The van der Waals surface area contributed by atoms with Crippen LogP contribution in [0.3, 0.4) is 0 Å². The van der Waals surface area contributed by atoms with Crippen LogP contribution in [0.4, 0.5) is 11.4 Å². The number of rotatable bonds is 8. The predicted octanol–water partition coefficient (Wildman–Crippen LogP) is 2.53. The van der Waals surface area contributed by atoms with E-state index >= 15 is 0 Å². The first-order chi connectivity index (χ1) is 15.7. The number of piperazine rings is 1. The number of non-ortho nitro benzene ring substituents is 1. The Morgan fingerprint density at radius 3 is 2.30 bits per heavy atom. The van der Waals surface area contributed by atoms with E-state index in [2.05, 4.69) is 14.9 Å². The molecule has 2 aromatic rings. The van der Waals surface area contributed by atoms with Gasteiger partial charge in [-0.05, 0) is 25.0 Å². The lowest BCUT2D eigenvalue weighted by molar-refractivity contribution is -0.384. The van der Waals surface area contributed by atoms with Crippen LogP contribution >= 0.6 is 0 Å². The number of carbonyl (C=O) groups excluding carboxylic acids is 2. The molecule has 0 unspecified atom stereocenters. The molecule has 0 atom stereocenters. The summed E-state index contributed by atoms with van der Waals surface area (Å²) in [7, 11) is 0. The van der Waals surface area contributed by atoms with E-state index in [1.54, 1.807) is 23.2 Å². The zero-order chi connectivity index (χ0) is 24.0. The van der Waals surface area contributed by atoms with Gasteiger partial charge in [0.05, 0.1) is 16.8 Å². The van der Waals surface area contributed by atoms with Gasteiger partial charge in [-0.25, -0.2) is 4.98 Å². The minimum absolute atomic E-state index is 0.00916. The molecule has 0 N–H and O–H groups in total. The topological polar surface area (TPSA) is 113 Å². The molecule has 1 aromatic carbocycles. The monoisotopic (exact) mass is 454 g/mol. The Kier molecular flexibility index (Phi) is 7.92. The maximum absolute atomic E-state index is 12.9. The van der Waals surface area contributed by atoms with Crippen LogP contribution in [0.1, 0.15) is 36.5 Å². The van der Waals surface area contributed by atoms with Gasteiger partial charge in [-0.3, -0.25) is 24.7 Å². The van der Waals surface area contributed by atoms with Gasteiger partial charge in [0.1, 0.15) is 5.69 Å². The number of nitro groups is 1. The van der Waals surface area contributed by atoms with Gasteiger partial charge >= 0.3 is 0 Å². The van der Waals surface area contributed by atoms with Gasteiger partial charge in [-0.15, -0.1) is 0 Å². The molecule has 1 aliphatic heterocycles. The van der Waals surface area contributed by atoms with Crippen molar-refractivity contribution in [2.24, 2.45) is 5.92 Å². The SMILES string of the molecule is Cc1cnc(C(=O)N(CCC(=O)N2CCN(c3ccc([N+](=O)[O-])cc3)CC2)CC(C)C)cn1. The standard InChI is InChI=1S/C23H30N6O4/c1-17(2)16-28(23(31)21-15-24-18(3)14-25-21)9-8-22(30)27-12-10-26(11-13-27)19-4-6-20(7-5-19)29(32)33/h4-7,14-15,17H,8-13,16H2,1-3H3. The molecule has 0 radical (unpaired) electrons. The van der Waals surface area contributed by atoms with Gasteiger partial charge in [-0.2, -0.15) is 0 Å². The first-order valence-corrected chi connectivity index (χ1v) is 11.1. The summed E-state index contributed by atoms with van der Waals surface area (Å²) < 4.78 is 0. The Labute approximate surface area is 193 Å². The van der Waals surface area contributed by atoms with Crippen molar-refractivity contribution in [3.05, 3.63) is 58.2 Å². The average Bonchev–Trinajstić information content (AvgIpc) is 2.81. The summed E-state index contributed by atoms with van der Waals surface area (Å²) >= 11 is 0. The van der Waals surface area contributed by atoms with Crippen molar-refractivity contribution < 1.29 is 14.5 Å². The lowest BCUT2D eigenvalue weighted by atomic mass is 10.2. The number of nitrogens with zero attached hydrogens (tertiary/aromatic N) is 6. The molecule has 0 aliphatic carbocycles. The van der Waals surface area contributed by atoms with Crippen LogP contribution in [0, 0.1) is 23.0 Å². The summed E-state index contributed by atoms with van der Waals surface area (Å²) in [4.78, 5) is 50.1. The van der Waals surface area contributed by atoms with Crippen LogP contribution in [0.2, 0.25) is 0 Å². The molecule has 10 heteroatoms. The maximum atomic E-state index is 12.9. The van der Waals surface area contributed by atoms with Gasteiger partial charge in [0, 0.05) is 69.7 Å². The summed E-state index contributed by atoms with van der Waals surface area (Å²) in [5, 5.41) is 10.8. The summed E-state index contributed by atoms with van der Waals surface area (Å²) in [5.41, 5.74) is 1.99. The highest BCUT2D eigenvalue weighted by Crippen LogP contribution is 2.21. The van der Waals surface area contributed by atoms with Crippen LogP contribution in [0.5, 0.6) is 0 Å². The Bertz CT molecular complexity index is 969. The molecular weight excluding hydrogens is 424 g/mol. The molecule has 1 fully saturated rings. The fraction of sp³-hybridized carbons (Fsp3) is 0.478. The number of nitro benzene ring substituents is 1. The minimum Gasteiger partial charge on any atom is -0.368 e. The largest absolute Gasteiger partial charge is 0.368 e. The molecule has 0 spiro atoms. The van der Waals surface area contributed by atoms with Crippen molar-refractivity contribution in [3.8, 4) is 0 Å². The van der Waals surface area contributed by atoms with Crippen LogP contribution in [0.15, 0.2) is 36.7 Å². The van der Waals surface area contributed by atoms with Gasteiger partial charge in [0.25, 0.3) is 11.6 Å². The second-order valence-electron chi connectivity index (χ2n) is 8.58. The number of benzene rings is 1. The Morgan fingerprint density at radius 2 is 1.76 bits per heavy atom. The molecule has 1 saturated heterocycles. The van der Waals surface area contributed by atoms with Crippen molar-refractivity contribution in [2.45, 2.75) is 27.2 Å². The van der Waals surface area contributed by atoms with Crippen molar-refractivity contribution >= 4 is 23.2 Å². The second kappa shape index (κ2) is 10.8. The number of anilines is 1. The van der Waals surface area contributed by atoms with E-state index in [0.717, 1.165) is 11.4 Å². The molecule has 2 heterocycles. The van der Waals surface area contributed by atoms with Crippen LogP contribution in [-0.2, 0) is 4.79 Å². The van der Waals surface area contributed by atoms with Crippen molar-refractivity contribution in [1.29, 1.82) is 0 Å². The fourth-order valence-electron chi connectivity index (χ4n) is 3.77. The lowest BCUT2D eigenvalue weighted by Gasteiger charge is -2.36. The first-order valence-electron chi connectivity index (χ1n) is 11.1. The summed E-state index contributed by atoms with van der Waals surface area (Å²) in [6.45, 7) is 9.17. The first kappa shape index (κ1) is 24.1. The number of amides is 2. The van der Waals surface area contributed by atoms with Gasteiger partial charge < -0.3 is 14.7 Å². The van der Waals surface area contributed by atoms with E-state index in [-0.39, 0.29) is 35.5 Å². The van der Waals surface area contributed by atoms with Crippen molar-refractivity contribution in [3.63, 3.8) is 0 Å². The van der Waals surface area contributed by atoms with E-state index in [9.17, 15) is 19.7 Å². The fourth-order valence-corrected chi connectivity index (χ4v) is 3.77. The number of hydrogen-bond donors (Lipinski definition) is 0. The zero-order valence-electron chi connectivity index (χ0n) is 19.3. The molecular formula is C23H30N6O4. The van der Waals surface area contributed by atoms with E-state index in [1.807, 2.05) is 25.7 Å². The maximum Gasteiger partial charge on any atom is 0.274 e. The summed E-state index contributed by atoms with van der Waals surface area (Å²) in [6, 6.07) is 6.45. The number of aryl methyl sites for hydroxylation is 1. The zero-order valence-corrected chi connectivity index (χ0v) is 19.3. The van der Waals surface area contributed by atoms with Crippen LogP contribution in [0.25, 0.3) is 0 Å². The van der Waals surface area contributed by atoms with Gasteiger partial charge in [-0.1, -0.05) is 13.8 Å². The minimum atomic E-state index is -0.418. The average molecular weight is 455 g/mol. The molecule has 0 bridgehead atoms. The normalized spacial score (nSPS) is 13.8. The number of carbonyl (C=O) groups is 2. The molecule has 10 nitrogen and oxygen atoms in total. The van der Waals surface area contributed by atoms with E-state index in [1.165, 1.54) is 18.3 Å². The molecule has 176 valence electrons. The van der Waals surface area contributed by atoms with Crippen molar-refractivity contribution in [2.75, 3.05) is 44.2 Å². The van der Waals surface area contributed by atoms with Crippen LogP contribution in [-0.4, -0.2) is 75.8 Å². The highest BCUT2D eigenvalue weighted by Gasteiger charge is 2.24. The Balaban J connectivity index is 1.53. The van der Waals surface area contributed by atoms with E-state index in [0.29, 0.717) is 39.3 Å². The Morgan fingerprint density at radius 1 is 1.09 bits per heavy atom. The number of hydrogen-bond acceptors (Lipinski definition) is 7. The summed E-state index contributed by atoms with van der Waals surface area (Å²) in [6.07, 6.45) is 3.29. The third kappa shape index (κ3) is 6.47. The third-order valence-electron chi connectivity index (χ3n) is 5.53. The van der Waals surface area contributed by atoms with Gasteiger partial charge in [0.15, 0.2) is 0 Å². The third-order valence-corrected chi connectivity index (χ3v) is 5.53. The smallest absolute Gasteiger partial charge is 0.274 e. The van der Waals surface area contributed by atoms with E-state index in [4.69, 9.17) is 0 Å². The van der Waals surface area contributed by atoms with Crippen molar-refractivity contribution in [1.82, 2.24) is 19.8 Å². The lowest BCUT2D eigenvalue weighted by Crippen LogP contribution is -2.49. The number of aromatic nitrogens is 2. The predicted molar refractivity (Wildman–Crippen MR) is 124 cm³/mol. The quantitative estimate of drug-likeness (QED) is 0.445. The Hall–Kier alpha value is -3.56. The molecule has 0 saturated carbocycles. The highest BCUT2D eigenvalue weighted by atomic mass is 16.6.